The maximum atomic E-state index is 11.0. The van der Waals surface area contributed by atoms with Crippen molar-refractivity contribution in [2.75, 3.05) is 19.7 Å². The van der Waals surface area contributed by atoms with E-state index in [1.54, 1.807) is 6.92 Å². The first-order valence-corrected chi connectivity index (χ1v) is 6.64. The Hall–Kier alpha value is -2.17. The van der Waals surface area contributed by atoms with Crippen molar-refractivity contribution in [3.8, 4) is 11.8 Å². The zero-order valence-corrected chi connectivity index (χ0v) is 12.1. The van der Waals surface area contributed by atoms with Crippen LogP contribution in [0.25, 0.3) is 0 Å². The second kappa shape index (κ2) is 7.57. The highest BCUT2D eigenvalue weighted by molar-refractivity contribution is 5.51. The SMILES string of the molecule is CCCNCC(C)(O)COc1ccc(C#N)cc1[N+](=O)[O-]. The van der Waals surface area contributed by atoms with Gasteiger partial charge in [-0.05, 0) is 32.0 Å². The van der Waals surface area contributed by atoms with E-state index in [1.807, 2.05) is 13.0 Å². The van der Waals surface area contributed by atoms with E-state index in [9.17, 15) is 15.2 Å². The van der Waals surface area contributed by atoms with Gasteiger partial charge in [0.15, 0.2) is 5.75 Å². The molecule has 0 saturated heterocycles. The Labute approximate surface area is 123 Å². The molecule has 1 unspecified atom stereocenters. The Morgan fingerprint density at radius 2 is 2.29 bits per heavy atom. The second-order valence-corrected chi connectivity index (χ2v) is 5.01. The fraction of sp³-hybridized carbons (Fsp3) is 0.500. The molecule has 1 rings (SSSR count). The molecule has 0 bridgehead atoms. The van der Waals surface area contributed by atoms with Crippen LogP contribution in [0.15, 0.2) is 18.2 Å². The maximum absolute atomic E-state index is 11.0. The number of benzene rings is 1. The summed E-state index contributed by atoms with van der Waals surface area (Å²) in [4.78, 5) is 10.4. The summed E-state index contributed by atoms with van der Waals surface area (Å²) in [6.45, 7) is 4.61. The number of hydrogen-bond donors (Lipinski definition) is 2. The van der Waals surface area contributed by atoms with E-state index in [0.717, 1.165) is 19.0 Å². The Morgan fingerprint density at radius 1 is 1.57 bits per heavy atom. The van der Waals surface area contributed by atoms with Crippen LogP contribution in [0.3, 0.4) is 0 Å². The summed E-state index contributed by atoms with van der Waals surface area (Å²) in [5, 5.41) is 32.9. The minimum atomic E-state index is -1.14. The van der Waals surface area contributed by atoms with Crippen molar-refractivity contribution in [1.82, 2.24) is 5.32 Å². The lowest BCUT2D eigenvalue weighted by Gasteiger charge is -2.23. The summed E-state index contributed by atoms with van der Waals surface area (Å²) < 4.78 is 5.35. The van der Waals surface area contributed by atoms with Gasteiger partial charge in [-0.2, -0.15) is 5.26 Å². The number of nitro benzene ring substituents is 1. The molecule has 2 N–H and O–H groups in total. The summed E-state index contributed by atoms with van der Waals surface area (Å²) in [5.41, 5.74) is -1.24. The van der Waals surface area contributed by atoms with Crippen LogP contribution in [0.5, 0.6) is 5.75 Å². The highest BCUT2D eigenvalue weighted by Crippen LogP contribution is 2.28. The molecule has 0 spiro atoms. The highest BCUT2D eigenvalue weighted by atomic mass is 16.6. The summed E-state index contributed by atoms with van der Waals surface area (Å²) >= 11 is 0. The molecule has 7 nitrogen and oxygen atoms in total. The third kappa shape index (κ3) is 5.38. The van der Waals surface area contributed by atoms with Gasteiger partial charge in [-0.3, -0.25) is 10.1 Å². The number of ether oxygens (including phenoxy) is 1. The summed E-state index contributed by atoms with van der Waals surface area (Å²) in [7, 11) is 0. The number of nitrogens with zero attached hydrogens (tertiary/aromatic N) is 2. The molecule has 0 aliphatic carbocycles. The smallest absolute Gasteiger partial charge is 0.312 e. The molecule has 0 aliphatic heterocycles. The van der Waals surface area contributed by atoms with Crippen LogP contribution in [-0.2, 0) is 0 Å². The van der Waals surface area contributed by atoms with Crippen molar-refractivity contribution in [2.24, 2.45) is 0 Å². The minimum absolute atomic E-state index is 0.0368. The minimum Gasteiger partial charge on any atom is -0.484 e. The van der Waals surface area contributed by atoms with Gasteiger partial charge >= 0.3 is 5.69 Å². The first-order chi connectivity index (χ1) is 9.89. The van der Waals surface area contributed by atoms with Crippen molar-refractivity contribution in [2.45, 2.75) is 25.9 Å². The normalized spacial score (nSPS) is 13.2. The third-order valence-corrected chi connectivity index (χ3v) is 2.76. The van der Waals surface area contributed by atoms with Crippen LogP contribution in [0.1, 0.15) is 25.8 Å². The topological polar surface area (TPSA) is 108 Å². The van der Waals surface area contributed by atoms with Crippen molar-refractivity contribution in [3.63, 3.8) is 0 Å². The van der Waals surface area contributed by atoms with Crippen molar-refractivity contribution in [3.05, 3.63) is 33.9 Å². The van der Waals surface area contributed by atoms with Crippen molar-refractivity contribution in [1.29, 1.82) is 5.26 Å². The lowest BCUT2D eigenvalue weighted by molar-refractivity contribution is -0.386. The number of hydrogen-bond acceptors (Lipinski definition) is 6. The molecule has 114 valence electrons. The van der Waals surface area contributed by atoms with E-state index in [4.69, 9.17) is 10.00 Å². The molecule has 0 amide bonds. The second-order valence-electron chi connectivity index (χ2n) is 5.01. The van der Waals surface area contributed by atoms with Gasteiger partial charge in [0.05, 0.1) is 16.6 Å². The number of rotatable bonds is 8. The molecule has 1 aromatic rings. The van der Waals surface area contributed by atoms with E-state index in [1.165, 1.54) is 12.1 Å². The monoisotopic (exact) mass is 293 g/mol. The zero-order valence-electron chi connectivity index (χ0n) is 12.1. The predicted molar refractivity (Wildman–Crippen MR) is 77.1 cm³/mol. The largest absolute Gasteiger partial charge is 0.484 e. The Kier molecular flexibility index (Phi) is 6.09. The highest BCUT2D eigenvalue weighted by Gasteiger charge is 2.23. The van der Waals surface area contributed by atoms with E-state index in [2.05, 4.69) is 5.32 Å². The standard InChI is InChI=1S/C14H19N3O4/c1-3-6-16-9-14(2,18)10-21-13-5-4-11(8-15)7-12(13)17(19)20/h4-5,7,16,18H,3,6,9-10H2,1-2H3. The van der Waals surface area contributed by atoms with Gasteiger partial charge in [0.25, 0.3) is 0 Å². The quantitative estimate of drug-likeness (QED) is 0.428. The first kappa shape index (κ1) is 16.9. The molecule has 0 heterocycles. The molecule has 0 aliphatic rings. The number of nitrogens with one attached hydrogen (secondary N) is 1. The maximum Gasteiger partial charge on any atom is 0.312 e. The number of nitro groups is 1. The summed E-state index contributed by atoms with van der Waals surface area (Å²) in [6.07, 6.45) is 0.942. The van der Waals surface area contributed by atoms with Crippen molar-refractivity contribution < 1.29 is 14.8 Å². The van der Waals surface area contributed by atoms with E-state index >= 15 is 0 Å². The molecular formula is C14H19N3O4. The molecular weight excluding hydrogens is 274 g/mol. The molecule has 0 saturated carbocycles. The molecule has 0 radical (unpaired) electrons. The van der Waals surface area contributed by atoms with Crippen molar-refractivity contribution >= 4 is 5.69 Å². The Morgan fingerprint density at radius 3 is 2.86 bits per heavy atom. The molecule has 1 atom stereocenters. The fourth-order valence-corrected chi connectivity index (χ4v) is 1.67. The molecule has 1 aromatic carbocycles. The lowest BCUT2D eigenvalue weighted by atomic mass is 10.1. The number of nitriles is 1. The molecule has 0 fully saturated rings. The molecule has 21 heavy (non-hydrogen) atoms. The van der Waals surface area contributed by atoms with Gasteiger partial charge in [-0.1, -0.05) is 6.92 Å². The van der Waals surface area contributed by atoms with Crippen LogP contribution < -0.4 is 10.1 Å². The predicted octanol–water partition coefficient (Wildman–Crippen LogP) is 1.60. The van der Waals surface area contributed by atoms with Crippen LogP contribution in [0.2, 0.25) is 0 Å². The third-order valence-electron chi connectivity index (χ3n) is 2.76. The summed E-state index contributed by atoms with van der Waals surface area (Å²) in [6, 6.07) is 5.79. The van der Waals surface area contributed by atoms with Gasteiger partial charge in [0, 0.05) is 12.6 Å². The summed E-state index contributed by atoms with van der Waals surface area (Å²) in [5.74, 6) is 0.0368. The Bertz CT molecular complexity index is 538. The molecule has 7 heteroatoms. The van der Waals surface area contributed by atoms with E-state index in [0.29, 0.717) is 6.54 Å². The lowest BCUT2D eigenvalue weighted by Crippen LogP contribution is -2.43. The average molecular weight is 293 g/mol. The molecule has 0 aromatic heterocycles. The van der Waals surface area contributed by atoms with E-state index < -0.39 is 10.5 Å². The van der Waals surface area contributed by atoms with Crippen LogP contribution in [0, 0.1) is 21.4 Å². The van der Waals surface area contributed by atoms with Crippen LogP contribution in [0.4, 0.5) is 5.69 Å². The van der Waals surface area contributed by atoms with E-state index in [-0.39, 0.29) is 23.6 Å². The fourth-order valence-electron chi connectivity index (χ4n) is 1.67. The van der Waals surface area contributed by atoms with Crippen LogP contribution in [-0.4, -0.2) is 35.3 Å². The number of aliphatic hydroxyl groups is 1. The van der Waals surface area contributed by atoms with Gasteiger partial charge in [0.1, 0.15) is 12.2 Å². The average Bonchev–Trinajstić information content (AvgIpc) is 2.45. The van der Waals surface area contributed by atoms with Gasteiger partial charge < -0.3 is 15.2 Å². The van der Waals surface area contributed by atoms with Gasteiger partial charge in [-0.25, -0.2) is 0 Å². The Balaban J connectivity index is 2.75. The van der Waals surface area contributed by atoms with Gasteiger partial charge in [-0.15, -0.1) is 0 Å². The van der Waals surface area contributed by atoms with Gasteiger partial charge in [0.2, 0.25) is 0 Å². The first-order valence-electron chi connectivity index (χ1n) is 6.64. The van der Waals surface area contributed by atoms with Crippen LogP contribution >= 0.6 is 0 Å². The zero-order chi connectivity index (χ0) is 15.9.